The molecular formula is C12H26N2. The highest BCUT2D eigenvalue weighted by Gasteiger charge is 2.19. The molecule has 1 aliphatic heterocycles. The van der Waals surface area contributed by atoms with E-state index in [1.807, 2.05) is 0 Å². The average Bonchev–Trinajstić information content (AvgIpc) is 2.21. The Morgan fingerprint density at radius 1 is 1.21 bits per heavy atom. The zero-order chi connectivity index (χ0) is 10.2. The molecule has 0 aromatic rings. The van der Waals surface area contributed by atoms with Crippen molar-refractivity contribution in [3.05, 3.63) is 0 Å². The lowest BCUT2D eigenvalue weighted by Gasteiger charge is -2.36. The molecule has 1 N–H and O–H groups in total. The average molecular weight is 198 g/mol. The molecule has 0 aliphatic carbocycles. The number of piperazine rings is 1. The summed E-state index contributed by atoms with van der Waals surface area (Å²) in [4.78, 5) is 2.69. The third-order valence-electron chi connectivity index (χ3n) is 3.14. The van der Waals surface area contributed by atoms with Gasteiger partial charge in [-0.1, -0.05) is 33.1 Å². The largest absolute Gasteiger partial charge is 0.314 e. The van der Waals surface area contributed by atoms with E-state index in [2.05, 4.69) is 24.1 Å². The first-order valence-corrected chi connectivity index (χ1v) is 6.33. The first-order chi connectivity index (χ1) is 6.88. The van der Waals surface area contributed by atoms with Crippen LogP contribution in [-0.2, 0) is 0 Å². The minimum Gasteiger partial charge on any atom is -0.314 e. The molecule has 1 rings (SSSR count). The molecule has 0 spiro atoms. The lowest BCUT2D eigenvalue weighted by atomic mass is 10.1. The summed E-state index contributed by atoms with van der Waals surface area (Å²) in [5, 5.41) is 3.50. The Kier molecular flexibility index (Phi) is 6.20. The maximum absolute atomic E-state index is 3.50. The molecule has 1 fully saturated rings. The molecule has 1 atom stereocenters. The third-order valence-corrected chi connectivity index (χ3v) is 3.14. The molecule has 84 valence electrons. The van der Waals surface area contributed by atoms with E-state index in [1.165, 1.54) is 58.3 Å². The van der Waals surface area contributed by atoms with Crippen LogP contribution in [0.4, 0.5) is 0 Å². The van der Waals surface area contributed by atoms with Crippen LogP contribution in [0.2, 0.25) is 0 Å². The topological polar surface area (TPSA) is 15.3 Å². The lowest BCUT2D eigenvalue weighted by molar-refractivity contribution is 0.149. The summed E-state index contributed by atoms with van der Waals surface area (Å²) in [7, 11) is 0. The van der Waals surface area contributed by atoms with Crippen molar-refractivity contribution in [3.8, 4) is 0 Å². The van der Waals surface area contributed by atoms with Crippen molar-refractivity contribution in [2.24, 2.45) is 0 Å². The van der Waals surface area contributed by atoms with Gasteiger partial charge < -0.3 is 5.32 Å². The van der Waals surface area contributed by atoms with Gasteiger partial charge in [-0.3, -0.25) is 4.90 Å². The van der Waals surface area contributed by atoms with Gasteiger partial charge in [0.05, 0.1) is 0 Å². The normalized spacial score (nSPS) is 24.0. The Morgan fingerprint density at radius 3 is 2.79 bits per heavy atom. The first kappa shape index (κ1) is 12.0. The van der Waals surface area contributed by atoms with E-state index in [4.69, 9.17) is 0 Å². The summed E-state index contributed by atoms with van der Waals surface area (Å²) in [6.45, 7) is 9.54. The van der Waals surface area contributed by atoms with Gasteiger partial charge >= 0.3 is 0 Å². The third kappa shape index (κ3) is 3.97. The van der Waals surface area contributed by atoms with E-state index in [1.54, 1.807) is 0 Å². The number of nitrogens with one attached hydrogen (secondary N) is 1. The van der Waals surface area contributed by atoms with Crippen LogP contribution in [0.1, 0.15) is 46.0 Å². The van der Waals surface area contributed by atoms with Crippen molar-refractivity contribution in [2.75, 3.05) is 26.2 Å². The quantitative estimate of drug-likeness (QED) is 0.659. The second kappa shape index (κ2) is 7.24. The second-order valence-electron chi connectivity index (χ2n) is 4.39. The highest BCUT2D eigenvalue weighted by molar-refractivity contribution is 4.79. The maximum Gasteiger partial charge on any atom is 0.0221 e. The molecule has 2 heteroatoms. The highest BCUT2D eigenvalue weighted by atomic mass is 15.2. The minimum absolute atomic E-state index is 0.811. The summed E-state index contributed by atoms with van der Waals surface area (Å²) < 4.78 is 0. The summed E-state index contributed by atoms with van der Waals surface area (Å²) in [5.74, 6) is 0. The molecule has 0 saturated carbocycles. The van der Waals surface area contributed by atoms with Crippen LogP contribution in [0, 0.1) is 0 Å². The molecule has 0 aromatic heterocycles. The van der Waals surface area contributed by atoms with E-state index in [0.29, 0.717) is 0 Å². The minimum atomic E-state index is 0.811. The first-order valence-electron chi connectivity index (χ1n) is 6.33. The van der Waals surface area contributed by atoms with Gasteiger partial charge in [-0.25, -0.2) is 0 Å². The van der Waals surface area contributed by atoms with Crippen LogP contribution in [0.15, 0.2) is 0 Å². The van der Waals surface area contributed by atoms with Gasteiger partial charge in [0.2, 0.25) is 0 Å². The Balaban J connectivity index is 2.22. The number of unbranched alkanes of at least 4 members (excludes halogenated alkanes) is 2. The molecule has 0 radical (unpaired) electrons. The van der Waals surface area contributed by atoms with Gasteiger partial charge in [0.15, 0.2) is 0 Å². The van der Waals surface area contributed by atoms with Gasteiger partial charge in [-0.15, -0.1) is 0 Å². The molecule has 0 aromatic carbocycles. The molecule has 1 unspecified atom stereocenters. The van der Waals surface area contributed by atoms with Crippen molar-refractivity contribution < 1.29 is 0 Å². The van der Waals surface area contributed by atoms with E-state index in [0.717, 1.165) is 6.04 Å². The fourth-order valence-corrected chi connectivity index (χ4v) is 2.28. The van der Waals surface area contributed by atoms with Gasteiger partial charge in [0.25, 0.3) is 0 Å². The highest BCUT2D eigenvalue weighted by Crippen LogP contribution is 2.10. The van der Waals surface area contributed by atoms with E-state index in [9.17, 15) is 0 Å². The van der Waals surface area contributed by atoms with Crippen molar-refractivity contribution >= 4 is 0 Å². The van der Waals surface area contributed by atoms with E-state index < -0.39 is 0 Å². The Morgan fingerprint density at radius 2 is 2.07 bits per heavy atom. The van der Waals surface area contributed by atoms with Crippen LogP contribution in [-0.4, -0.2) is 37.1 Å². The van der Waals surface area contributed by atoms with Crippen molar-refractivity contribution in [1.29, 1.82) is 0 Å². The van der Waals surface area contributed by atoms with Crippen LogP contribution < -0.4 is 5.32 Å². The molecular weight excluding hydrogens is 172 g/mol. The van der Waals surface area contributed by atoms with Crippen molar-refractivity contribution in [2.45, 2.75) is 52.0 Å². The van der Waals surface area contributed by atoms with Crippen LogP contribution in [0.5, 0.6) is 0 Å². The molecule has 0 bridgehead atoms. The zero-order valence-corrected chi connectivity index (χ0v) is 9.89. The van der Waals surface area contributed by atoms with Gasteiger partial charge in [0, 0.05) is 25.7 Å². The van der Waals surface area contributed by atoms with Gasteiger partial charge in [-0.2, -0.15) is 0 Å². The summed E-state index contributed by atoms with van der Waals surface area (Å²) >= 11 is 0. The number of rotatable bonds is 6. The Bertz CT molecular complexity index is 134. The van der Waals surface area contributed by atoms with Crippen molar-refractivity contribution in [1.82, 2.24) is 10.2 Å². The predicted molar refractivity (Wildman–Crippen MR) is 62.7 cm³/mol. The lowest BCUT2D eigenvalue weighted by Crippen LogP contribution is -2.51. The van der Waals surface area contributed by atoms with Crippen LogP contribution in [0.25, 0.3) is 0 Å². The molecule has 1 aliphatic rings. The smallest absolute Gasteiger partial charge is 0.0221 e. The molecule has 2 nitrogen and oxygen atoms in total. The molecule has 1 saturated heterocycles. The number of hydrogen-bond donors (Lipinski definition) is 1. The standard InChI is InChI=1S/C12H26N2/c1-3-5-6-9-14-10-8-13-11-12(14)7-4-2/h12-13H,3-11H2,1-2H3. The summed E-state index contributed by atoms with van der Waals surface area (Å²) in [6.07, 6.45) is 6.79. The molecule has 14 heavy (non-hydrogen) atoms. The second-order valence-corrected chi connectivity index (χ2v) is 4.39. The fourth-order valence-electron chi connectivity index (χ4n) is 2.28. The number of hydrogen-bond acceptors (Lipinski definition) is 2. The fraction of sp³-hybridized carbons (Fsp3) is 1.00. The summed E-state index contributed by atoms with van der Waals surface area (Å²) in [5.41, 5.74) is 0. The Hall–Kier alpha value is -0.0800. The summed E-state index contributed by atoms with van der Waals surface area (Å²) in [6, 6.07) is 0.811. The molecule has 0 amide bonds. The monoisotopic (exact) mass is 198 g/mol. The zero-order valence-electron chi connectivity index (χ0n) is 9.89. The van der Waals surface area contributed by atoms with Crippen LogP contribution in [0.3, 0.4) is 0 Å². The van der Waals surface area contributed by atoms with Gasteiger partial charge in [-0.05, 0) is 19.4 Å². The maximum atomic E-state index is 3.50. The molecule has 1 heterocycles. The van der Waals surface area contributed by atoms with E-state index in [-0.39, 0.29) is 0 Å². The number of nitrogens with zero attached hydrogens (tertiary/aromatic N) is 1. The van der Waals surface area contributed by atoms with Gasteiger partial charge in [0.1, 0.15) is 0 Å². The Labute approximate surface area is 89.1 Å². The predicted octanol–water partition coefficient (Wildman–Crippen LogP) is 2.25. The SMILES string of the molecule is CCCCCN1CCNCC1CCC. The van der Waals surface area contributed by atoms with Crippen molar-refractivity contribution in [3.63, 3.8) is 0 Å². The van der Waals surface area contributed by atoms with E-state index >= 15 is 0 Å². The van der Waals surface area contributed by atoms with Crippen LogP contribution >= 0.6 is 0 Å².